The number of non-ortho nitro benzene ring substituents is 1. The number of benzene rings is 1. The summed E-state index contributed by atoms with van der Waals surface area (Å²) in [6, 6.07) is 5.63. The number of hydrogen-bond donors (Lipinski definition) is 0. The van der Waals surface area contributed by atoms with Gasteiger partial charge in [-0.2, -0.15) is 4.36 Å². The Morgan fingerprint density at radius 1 is 1.47 bits per heavy atom. The highest BCUT2D eigenvalue weighted by atomic mass is 35.7. The Balaban J connectivity index is 2.99. The number of nitro benzene ring substituents is 1. The molecule has 0 heterocycles. The van der Waals surface area contributed by atoms with Crippen molar-refractivity contribution in [3.63, 3.8) is 0 Å². The molecule has 1 unspecified atom stereocenters. The maximum atomic E-state index is 10.7. The average molecular weight is 247 g/mol. The van der Waals surface area contributed by atoms with Crippen molar-refractivity contribution < 1.29 is 9.72 Å². The molecular formula is C8H7ClN2O3S. The number of halogens is 1. The summed E-state index contributed by atoms with van der Waals surface area (Å²) in [7, 11) is 4.74. The molecule has 15 heavy (non-hydrogen) atoms. The first kappa shape index (κ1) is 11.8. The second kappa shape index (κ2) is 4.99. The fourth-order valence-electron chi connectivity index (χ4n) is 0.846. The summed E-state index contributed by atoms with van der Waals surface area (Å²) >= 11 is 0. The fraction of sp³-hybridized carbons (Fsp3) is 0.125. The molecule has 0 bridgehead atoms. The van der Waals surface area contributed by atoms with Crippen molar-refractivity contribution in [3.8, 4) is 0 Å². The van der Waals surface area contributed by atoms with Crippen molar-refractivity contribution in [2.24, 2.45) is 4.36 Å². The van der Waals surface area contributed by atoms with Crippen molar-refractivity contribution in [2.75, 3.05) is 0 Å². The van der Waals surface area contributed by atoms with E-state index < -0.39 is 14.8 Å². The van der Waals surface area contributed by atoms with Gasteiger partial charge in [-0.05, 0) is 22.8 Å². The van der Waals surface area contributed by atoms with Gasteiger partial charge in [0, 0.05) is 33.9 Å². The van der Waals surface area contributed by atoms with Gasteiger partial charge in [0.05, 0.1) is 4.92 Å². The number of nitro groups is 1. The third kappa shape index (κ3) is 3.41. The van der Waals surface area contributed by atoms with Crippen molar-refractivity contribution in [3.05, 3.63) is 34.4 Å². The number of nitrogens with zero attached hydrogens (tertiary/aromatic N) is 2. The van der Waals surface area contributed by atoms with Gasteiger partial charge >= 0.3 is 0 Å². The number of rotatable bonds is 2. The number of carbonyl (C=O) groups is 1. The molecule has 1 amide bonds. The zero-order valence-electron chi connectivity index (χ0n) is 7.71. The quantitative estimate of drug-likeness (QED) is 0.594. The van der Waals surface area contributed by atoms with Crippen LogP contribution >= 0.6 is 10.7 Å². The van der Waals surface area contributed by atoms with E-state index >= 15 is 0 Å². The smallest absolute Gasteiger partial charge is 0.269 e. The molecule has 80 valence electrons. The van der Waals surface area contributed by atoms with E-state index in [1.807, 2.05) is 0 Å². The second-order valence-electron chi connectivity index (χ2n) is 2.60. The molecule has 0 aliphatic heterocycles. The van der Waals surface area contributed by atoms with Gasteiger partial charge in [0.2, 0.25) is 5.91 Å². The van der Waals surface area contributed by atoms with Gasteiger partial charge in [0.15, 0.2) is 0 Å². The van der Waals surface area contributed by atoms with E-state index in [-0.39, 0.29) is 11.6 Å². The summed E-state index contributed by atoms with van der Waals surface area (Å²) in [5, 5.41) is 10.4. The molecule has 7 heteroatoms. The molecule has 1 atom stereocenters. The van der Waals surface area contributed by atoms with Crippen LogP contribution in [0.3, 0.4) is 0 Å². The van der Waals surface area contributed by atoms with Gasteiger partial charge in [-0.1, -0.05) is 0 Å². The van der Waals surface area contributed by atoms with Crippen LogP contribution in [0.4, 0.5) is 5.69 Å². The second-order valence-corrected chi connectivity index (χ2v) is 4.60. The van der Waals surface area contributed by atoms with Gasteiger partial charge in [0.25, 0.3) is 5.69 Å². The van der Waals surface area contributed by atoms with Crippen LogP contribution in [-0.2, 0) is 14.7 Å². The third-order valence-corrected chi connectivity index (χ3v) is 3.27. The highest BCUT2D eigenvalue weighted by molar-refractivity contribution is 8.10. The van der Waals surface area contributed by atoms with Gasteiger partial charge in [0.1, 0.15) is 0 Å². The van der Waals surface area contributed by atoms with Gasteiger partial charge in [-0.15, -0.1) is 0 Å². The molecule has 1 aromatic carbocycles. The SMILES string of the molecule is CC(=O)N=S(Cl)c1ccc([N+](=O)[O-])cc1. The molecule has 0 spiro atoms. The first-order valence-electron chi connectivity index (χ1n) is 3.88. The normalized spacial score (nSPS) is 12.4. The van der Waals surface area contributed by atoms with Crippen LogP contribution in [0.15, 0.2) is 33.5 Å². The summed E-state index contributed by atoms with van der Waals surface area (Å²) < 4.78 is 3.61. The summed E-state index contributed by atoms with van der Waals surface area (Å²) in [6.45, 7) is 1.30. The number of hydrogen-bond acceptors (Lipinski definition) is 3. The van der Waals surface area contributed by atoms with E-state index in [1.165, 1.54) is 31.2 Å². The van der Waals surface area contributed by atoms with Gasteiger partial charge in [-0.25, -0.2) is 0 Å². The monoisotopic (exact) mass is 246 g/mol. The Morgan fingerprint density at radius 2 is 2.00 bits per heavy atom. The summed E-state index contributed by atoms with van der Waals surface area (Å²) in [5.41, 5.74) is -0.0183. The van der Waals surface area contributed by atoms with Crippen molar-refractivity contribution >= 4 is 32.2 Å². The van der Waals surface area contributed by atoms with Crippen LogP contribution in [0.5, 0.6) is 0 Å². The van der Waals surface area contributed by atoms with Crippen LogP contribution < -0.4 is 0 Å². The maximum Gasteiger partial charge on any atom is 0.269 e. The standard InChI is InChI=1S/C8H7ClN2O3S/c1-6(12)10-15(9)8-4-2-7(3-5-8)11(13)14/h2-5H,1H3. The molecule has 1 aromatic rings. The molecule has 0 aliphatic carbocycles. The lowest BCUT2D eigenvalue weighted by atomic mass is 10.3. The van der Waals surface area contributed by atoms with Crippen LogP contribution in [0.2, 0.25) is 0 Å². The van der Waals surface area contributed by atoms with Gasteiger partial charge in [-0.3, -0.25) is 14.9 Å². The minimum Gasteiger partial charge on any atom is -0.272 e. The zero-order valence-corrected chi connectivity index (χ0v) is 9.29. The molecule has 1 rings (SSSR count). The molecule has 5 nitrogen and oxygen atoms in total. The highest BCUT2D eigenvalue weighted by Gasteiger charge is 2.05. The summed E-state index contributed by atoms with van der Waals surface area (Å²) in [6.07, 6.45) is 0. The van der Waals surface area contributed by atoms with E-state index in [2.05, 4.69) is 4.36 Å². The minimum absolute atomic E-state index is 0.0183. The van der Waals surface area contributed by atoms with Crippen LogP contribution in [0.1, 0.15) is 6.92 Å². The maximum absolute atomic E-state index is 10.7. The first-order valence-corrected chi connectivity index (χ1v) is 5.89. The number of amides is 1. The first-order chi connectivity index (χ1) is 7.00. The number of carbonyl (C=O) groups excluding carboxylic acids is 1. The molecule has 0 aromatic heterocycles. The van der Waals surface area contributed by atoms with Crippen LogP contribution in [0, 0.1) is 10.1 Å². The largest absolute Gasteiger partial charge is 0.272 e. The highest BCUT2D eigenvalue weighted by Crippen LogP contribution is 2.17. The third-order valence-electron chi connectivity index (χ3n) is 1.45. The van der Waals surface area contributed by atoms with Crippen molar-refractivity contribution in [1.29, 1.82) is 0 Å². The average Bonchev–Trinajstić information content (AvgIpc) is 2.17. The van der Waals surface area contributed by atoms with E-state index in [4.69, 9.17) is 10.7 Å². The lowest BCUT2D eigenvalue weighted by Crippen LogP contribution is -1.90. The van der Waals surface area contributed by atoms with Crippen LogP contribution in [-0.4, -0.2) is 10.8 Å². The summed E-state index contributed by atoms with van der Waals surface area (Å²) in [5.74, 6) is -0.369. The van der Waals surface area contributed by atoms with Crippen molar-refractivity contribution in [1.82, 2.24) is 0 Å². The Bertz CT molecular complexity index is 430. The molecule has 0 aliphatic rings. The predicted octanol–water partition coefficient (Wildman–Crippen LogP) is 2.46. The molecule has 0 fully saturated rings. The van der Waals surface area contributed by atoms with Crippen LogP contribution in [0.25, 0.3) is 0 Å². The Morgan fingerprint density at radius 3 is 2.40 bits per heavy atom. The molecule has 0 N–H and O–H groups in total. The Hall–Kier alpha value is -1.27. The van der Waals surface area contributed by atoms with Crippen molar-refractivity contribution in [2.45, 2.75) is 11.8 Å². The molecule has 0 saturated carbocycles. The van der Waals surface area contributed by atoms with E-state index in [9.17, 15) is 14.9 Å². The molecule has 0 radical (unpaired) electrons. The minimum atomic E-state index is -1.06. The molecule has 0 saturated heterocycles. The zero-order chi connectivity index (χ0) is 11.4. The molecular weight excluding hydrogens is 240 g/mol. The fourth-order valence-corrected chi connectivity index (χ4v) is 2.14. The van der Waals surface area contributed by atoms with E-state index in [0.29, 0.717) is 4.90 Å². The lowest BCUT2D eigenvalue weighted by molar-refractivity contribution is -0.384. The Labute approximate surface area is 92.8 Å². The van der Waals surface area contributed by atoms with E-state index in [1.54, 1.807) is 0 Å². The predicted molar refractivity (Wildman–Crippen MR) is 57.7 cm³/mol. The van der Waals surface area contributed by atoms with Gasteiger partial charge < -0.3 is 0 Å². The lowest BCUT2D eigenvalue weighted by Gasteiger charge is -1.97. The Kier molecular flexibility index (Phi) is 3.93. The summed E-state index contributed by atoms with van der Waals surface area (Å²) in [4.78, 5) is 21.1. The van der Waals surface area contributed by atoms with E-state index in [0.717, 1.165) is 0 Å². The topological polar surface area (TPSA) is 72.6 Å².